The molecule has 0 aromatic heterocycles. The van der Waals surface area contributed by atoms with E-state index in [4.69, 9.17) is 9.05 Å². The van der Waals surface area contributed by atoms with Crippen molar-refractivity contribution in [2.24, 2.45) is 0 Å². The molecule has 3 unspecified atom stereocenters. The second-order valence-corrected chi connectivity index (χ2v) is 27.7. The van der Waals surface area contributed by atoms with Crippen LogP contribution >= 0.6 is 7.82 Å². The molecule has 0 rings (SSSR count). The summed E-state index contributed by atoms with van der Waals surface area (Å²) in [5.74, 6) is -0.188. The Hall–Kier alpha value is -1.02. The van der Waals surface area contributed by atoms with Gasteiger partial charge < -0.3 is 28.8 Å². The third-order valence-electron chi connectivity index (χ3n) is 16.9. The molecule has 0 saturated heterocycles. The van der Waals surface area contributed by atoms with Gasteiger partial charge in [0.05, 0.1) is 39.9 Å². The number of hydrogen-bond donors (Lipinski definition) is 2. The van der Waals surface area contributed by atoms with Crippen LogP contribution < -0.4 is 10.2 Å². The van der Waals surface area contributed by atoms with Gasteiger partial charge in [0.2, 0.25) is 5.91 Å². The van der Waals surface area contributed by atoms with Gasteiger partial charge in [-0.25, -0.2) is 0 Å². The molecule has 2 N–H and O–H groups in total. The minimum atomic E-state index is -4.60. The molecule has 0 bridgehead atoms. The summed E-state index contributed by atoms with van der Waals surface area (Å²) in [6.07, 6.45) is 83.1. The van der Waals surface area contributed by atoms with Crippen molar-refractivity contribution >= 4 is 13.7 Å². The molecular weight excluding hydrogens is 1020 g/mol. The van der Waals surface area contributed by atoms with Crippen molar-refractivity contribution in [3.63, 3.8) is 0 Å². The first-order valence-corrected chi connectivity index (χ1v) is 37.7. The average Bonchev–Trinajstić information content (AvgIpc) is 3.43. The first-order chi connectivity index (χ1) is 39.5. The number of aliphatic hydroxyl groups is 1. The molecule has 8 nitrogen and oxygen atoms in total. The Morgan fingerprint density at radius 1 is 0.420 bits per heavy atom. The number of unbranched alkanes of at least 4 members (excludes halogenated alkanes) is 53. The summed E-state index contributed by atoms with van der Waals surface area (Å²) in [6, 6.07) is -0.885. The number of nitrogens with zero attached hydrogens (tertiary/aromatic N) is 1. The third-order valence-corrected chi connectivity index (χ3v) is 17.9. The van der Waals surface area contributed by atoms with Gasteiger partial charge in [0, 0.05) is 6.42 Å². The fourth-order valence-corrected chi connectivity index (χ4v) is 12.0. The van der Waals surface area contributed by atoms with Crippen molar-refractivity contribution in [3.8, 4) is 0 Å². The largest absolute Gasteiger partial charge is 0.756 e. The average molecular weight is 1160 g/mol. The normalized spacial score (nSPS) is 13.7. The molecule has 0 radical (unpaired) electrons. The van der Waals surface area contributed by atoms with Crippen molar-refractivity contribution in [1.29, 1.82) is 0 Å². The van der Waals surface area contributed by atoms with Gasteiger partial charge in [0.25, 0.3) is 7.82 Å². The maximum Gasteiger partial charge on any atom is 0.268 e. The number of allylic oxidation sites excluding steroid dienone is 3. The van der Waals surface area contributed by atoms with Crippen molar-refractivity contribution in [2.75, 3.05) is 40.9 Å². The van der Waals surface area contributed by atoms with Crippen molar-refractivity contribution < 1.29 is 32.9 Å². The molecule has 482 valence electrons. The van der Waals surface area contributed by atoms with Crippen molar-refractivity contribution in [2.45, 2.75) is 392 Å². The zero-order chi connectivity index (χ0) is 59.1. The van der Waals surface area contributed by atoms with Crippen LogP contribution in [0.3, 0.4) is 0 Å². The van der Waals surface area contributed by atoms with E-state index in [1.165, 1.54) is 321 Å². The molecule has 0 aromatic carbocycles. The Bertz CT molecular complexity index is 1370. The SMILES string of the molecule is CCCCCCCCCC/C=C\CCCCCCCCCCCCCCCCCCCCCCCC(=O)NC(COP(=O)([O-])OCC[N+](C)(C)C)C(O)/C=C/CCCCCCCCCCCCCCCCCCCCCCCCCC. The highest BCUT2D eigenvalue weighted by Crippen LogP contribution is 2.38. The van der Waals surface area contributed by atoms with Crippen LogP contribution in [-0.4, -0.2) is 68.5 Å². The number of nitrogens with one attached hydrogen (secondary N) is 1. The van der Waals surface area contributed by atoms with Crippen LogP contribution in [0.1, 0.15) is 380 Å². The van der Waals surface area contributed by atoms with E-state index in [2.05, 4.69) is 31.3 Å². The molecule has 1 amide bonds. The van der Waals surface area contributed by atoms with Crippen LogP contribution in [0.15, 0.2) is 24.3 Å². The maximum atomic E-state index is 13.0. The van der Waals surface area contributed by atoms with Crippen molar-refractivity contribution in [3.05, 3.63) is 24.3 Å². The first-order valence-electron chi connectivity index (χ1n) is 36.2. The second-order valence-electron chi connectivity index (χ2n) is 26.3. The van der Waals surface area contributed by atoms with E-state index < -0.39 is 20.0 Å². The molecule has 0 spiro atoms. The molecule has 3 atom stereocenters. The highest BCUT2D eigenvalue weighted by molar-refractivity contribution is 7.45. The number of likely N-dealkylation sites (N-methyl/N-ethyl adjacent to an activating group) is 1. The van der Waals surface area contributed by atoms with Crippen LogP contribution in [0, 0.1) is 0 Å². The summed E-state index contributed by atoms with van der Waals surface area (Å²) in [6.45, 7) is 4.72. The molecule has 0 aliphatic heterocycles. The summed E-state index contributed by atoms with van der Waals surface area (Å²) >= 11 is 0. The highest BCUT2D eigenvalue weighted by atomic mass is 31.2. The second kappa shape index (κ2) is 63.5. The summed E-state index contributed by atoms with van der Waals surface area (Å²) in [4.78, 5) is 25.6. The zero-order valence-corrected chi connectivity index (χ0v) is 56.2. The molecule has 0 saturated carbocycles. The zero-order valence-electron chi connectivity index (χ0n) is 55.3. The topological polar surface area (TPSA) is 108 Å². The smallest absolute Gasteiger partial charge is 0.268 e. The standard InChI is InChI=1S/C72H143N2O6P/c1-6-8-10-12-14-16-18-20-22-24-26-28-30-32-34-35-36-37-38-39-40-42-44-46-48-50-52-54-56-58-60-62-64-66-72(76)73-70(69-80-81(77,78)79-68-67-74(3,4)5)71(75)65-63-61-59-57-55-53-51-49-47-45-43-41-33-31-29-27-25-23-21-19-17-15-13-11-9-7-2/h24,26,63,65,70-71,75H,6-23,25,27-62,64,66-69H2,1-5H3,(H-,73,76,77,78)/b26-24-,65-63+. The number of quaternary nitrogens is 1. The Kier molecular flexibility index (Phi) is 62.7. The predicted octanol–water partition coefficient (Wildman–Crippen LogP) is 22.4. The highest BCUT2D eigenvalue weighted by Gasteiger charge is 2.23. The maximum absolute atomic E-state index is 13.0. The molecule has 0 fully saturated rings. The number of phosphoric ester groups is 1. The Morgan fingerprint density at radius 3 is 0.963 bits per heavy atom. The molecule has 0 aromatic rings. The van der Waals surface area contributed by atoms with Crippen molar-refractivity contribution in [1.82, 2.24) is 5.32 Å². The van der Waals surface area contributed by atoms with E-state index in [1.54, 1.807) is 6.08 Å². The number of carbonyl (C=O) groups excluding carboxylic acids is 1. The summed E-state index contributed by atoms with van der Waals surface area (Å²) < 4.78 is 23.5. The minimum absolute atomic E-state index is 0.00210. The van der Waals surface area contributed by atoms with Gasteiger partial charge in [-0.1, -0.05) is 353 Å². The molecule has 9 heteroatoms. The summed E-state index contributed by atoms with van der Waals surface area (Å²) in [5, 5.41) is 14.0. The fourth-order valence-electron chi connectivity index (χ4n) is 11.3. The number of amides is 1. The van der Waals surface area contributed by atoms with Crippen LogP contribution in [-0.2, 0) is 18.4 Å². The third kappa shape index (κ3) is 66.4. The number of hydrogen-bond acceptors (Lipinski definition) is 6. The van der Waals surface area contributed by atoms with Crippen LogP contribution in [0.5, 0.6) is 0 Å². The molecular formula is C72H143N2O6P. The van der Waals surface area contributed by atoms with E-state index in [0.717, 1.165) is 38.5 Å². The van der Waals surface area contributed by atoms with E-state index in [-0.39, 0.29) is 19.1 Å². The number of phosphoric acid groups is 1. The van der Waals surface area contributed by atoms with E-state index >= 15 is 0 Å². The van der Waals surface area contributed by atoms with Gasteiger partial charge in [-0.3, -0.25) is 9.36 Å². The minimum Gasteiger partial charge on any atom is -0.756 e. The summed E-state index contributed by atoms with van der Waals surface area (Å²) in [7, 11) is 1.28. The lowest BCUT2D eigenvalue weighted by Gasteiger charge is -2.29. The Labute approximate surface area is 506 Å². The van der Waals surface area contributed by atoms with Gasteiger partial charge in [0.1, 0.15) is 13.2 Å². The number of carbonyl (C=O) groups is 1. The van der Waals surface area contributed by atoms with E-state index in [9.17, 15) is 19.4 Å². The van der Waals surface area contributed by atoms with Crippen LogP contribution in [0.4, 0.5) is 0 Å². The van der Waals surface area contributed by atoms with E-state index in [1.807, 2.05) is 27.2 Å². The Morgan fingerprint density at radius 2 is 0.679 bits per heavy atom. The molecule has 81 heavy (non-hydrogen) atoms. The van der Waals surface area contributed by atoms with Gasteiger partial charge in [-0.05, 0) is 44.9 Å². The molecule has 0 aliphatic rings. The van der Waals surface area contributed by atoms with Gasteiger partial charge >= 0.3 is 0 Å². The lowest BCUT2D eigenvalue weighted by atomic mass is 10.0. The number of rotatable bonds is 68. The first kappa shape index (κ1) is 80.0. The predicted molar refractivity (Wildman–Crippen MR) is 353 cm³/mol. The van der Waals surface area contributed by atoms with Gasteiger partial charge in [-0.15, -0.1) is 0 Å². The number of aliphatic hydroxyl groups excluding tert-OH is 1. The monoisotopic (exact) mass is 1160 g/mol. The van der Waals surface area contributed by atoms with Gasteiger partial charge in [-0.2, -0.15) is 0 Å². The van der Waals surface area contributed by atoms with Crippen LogP contribution in [0.25, 0.3) is 0 Å². The fraction of sp³-hybridized carbons (Fsp3) is 0.931. The summed E-state index contributed by atoms with van der Waals surface area (Å²) in [5.41, 5.74) is 0. The Balaban J connectivity index is 4.00. The molecule has 0 heterocycles. The lowest BCUT2D eigenvalue weighted by molar-refractivity contribution is -0.870. The van der Waals surface area contributed by atoms with Crippen LogP contribution in [0.2, 0.25) is 0 Å². The lowest BCUT2D eigenvalue weighted by Crippen LogP contribution is -2.45. The van der Waals surface area contributed by atoms with Gasteiger partial charge in [0.15, 0.2) is 0 Å². The van der Waals surface area contributed by atoms with E-state index in [0.29, 0.717) is 17.4 Å². The quantitative estimate of drug-likeness (QED) is 0.0272. The molecule has 0 aliphatic carbocycles.